The molecule has 0 saturated carbocycles. The zero-order valence-corrected chi connectivity index (χ0v) is 13.4. The molecular weight excluding hydrogens is 288 g/mol. The first kappa shape index (κ1) is 17.8. The van der Waals surface area contributed by atoms with Gasteiger partial charge >= 0.3 is 0 Å². The zero-order chi connectivity index (χ0) is 14.4. The summed E-state index contributed by atoms with van der Waals surface area (Å²) in [5.41, 5.74) is 6.43. The maximum absolute atomic E-state index is 12.5. The number of carbonyl (C=O) groups is 1. The van der Waals surface area contributed by atoms with Gasteiger partial charge in [-0.2, -0.15) is 0 Å². The molecule has 0 aliphatic carbocycles. The van der Waals surface area contributed by atoms with Crippen LogP contribution < -0.4 is 10.5 Å². The zero-order valence-electron chi connectivity index (χ0n) is 12.6. The van der Waals surface area contributed by atoms with E-state index in [0.717, 1.165) is 38.1 Å². The van der Waals surface area contributed by atoms with Crippen molar-refractivity contribution in [2.45, 2.75) is 26.2 Å². The quantitative estimate of drug-likeness (QED) is 0.909. The molecule has 21 heavy (non-hydrogen) atoms. The Balaban J connectivity index is 0.00000220. The number of nitrogens with two attached hydrogens (primary N) is 1. The Morgan fingerprint density at radius 3 is 3.00 bits per heavy atom. The second-order valence-electron chi connectivity index (χ2n) is 5.37. The minimum absolute atomic E-state index is 0. The van der Waals surface area contributed by atoms with Crippen molar-refractivity contribution in [1.82, 2.24) is 4.90 Å². The molecule has 0 aromatic heterocycles. The topological polar surface area (TPSA) is 55.6 Å². The molecule has 1 saturated heterocycles. The van der Waals surface area contributed by atoms with Crippen molar-refractivity contribution < 1.29 is 9.53 Å². The second kappa shape index (κ2) is 8.90. The molecule has 1 atom stereocenters. The Morgan fingerprint density at radius 1 is 1.48 bits per heavy atom. The number of benzene rings is 1. The van der Waals surface area contributed by atoms with Crippen molar-refractivity contribution in [3.05, 3.63) is 29.8 Å². The van der Waals surface area contributed by atoms with E-state index in [2.05, 4.69) is 6.92 Å². The van der Waals surface area contributed by atoms with Crippen LogP contribution in [0, 0.1) is 5.92 Å². The third kappa shape index (κ3) is 4.90. The second-order valence-corrected chi connectivity index (χ2v) is 5.37. The van der Waals surface area contributed by atoms with Crippen LogP contribution in [0.25, 0.3) is 0 Å². The number of nitrogens with zero attached hydrogens (tertiary/aromatic N) is 1. The van der Waals surface area contributed by atoms with Gasteiger partial charge in [0.2, 0.25) is 0 Å². The van der Waals surface area contributed by atoms with E-state index in [1.807, 2.05) is 29.2 Å². The predicted octanol–water partition coefficient (Wildman–Crippen LogP) is 2.71. The van der Waals surface area contributed by atoms with Crippen LogP contribution >= 0.6 is 12.4 Å². The third-order valence-electron chi connectivity index (χ3n) is 3.69. The Hall–Kier alpha value is -1.26. The molecule has 1 aromatic rings. The maximum Gasteiger partial charge on any atom is 0.253 e. The summed E-state index contributed by atoms with van der Waals surface area (Å²) in [6, 6.07) is 7.46. The van der Waals surface area contributed by atoms with E-state index < -0.39 is 0 Å². The Labute approximate surface area is 133 Å². The highest BCUT2D eigenvalue weighted by molar-refractivity contribution is 5.94. The number of amides is 1. The van der Waals surface area contributed by atoms with Crippen molar-refractivity contribution in [2.24, 2.45) is 11.7 Å². The number of ether oxygens (including phenoxy) is 1. The smallest absolute Gasteiger partial charge is 0.253 e. The average Bonchev–Trinajstić information content (AvgIpc) is 2.52. The Bertz CT molecular complexity index is 454. The number of piperidine rings is 1. The van der Waals surface area contributed by atoms with E-state index in [0.29, 0.717) is 24.6 Å². The van der Waals surface area contributed by atoms with E-state index in [4.69, 9.17) is 10.5 Å². The largest absolute Gasteiger partial charge is 0.494 e. The summed E-state index contributed by atoms with van der Waals surface area (Å²) in [6.45, 7) is 5.00. The molecule has 1 fully saturated rings. The summed E-state index contributed by atoms with van der Waals surface area (Å²) in [4.78, 5) is 14.4. The van der Waals surface area contributed by atoms with Gasteiger partial charge in [0.15, 0.2) is 0 Å². The summed E-state index contributed by atoms with van der Waals surface area (Å²) >= 11 is 0. The van der Waals surface area contributed by atoms with Crippen LogP contribution in [0.1, 0.15) is 36.5 Å². The van der Waals surface area contributed by atoms with Crippen molar-refractivity contribution in [2.75, 3.05) is 26.2 Å². The van der Waals surface area contributed by atoms with Crippen LogP contribution in [0.5, 0.6) is 5.75 Å². The first-order chi connectivity index (χ1) is 9.74. The fourth-order valence-corrected chi connectivity index (χ4v) is 2.56. The van der Waals surface area contributed by atoms with Crippen LogP contribution in [-0.2, 0) is 0 Å². The predicted molar refractivity (Wildman–Crippen MR) is 87.2 cm³/mol. The molecular formula is C16H25ClN2O2. The van der Waals surface area contributed by atoms with Gasteiger partial charge in [-0.1, -0.05) is 13.0 Å². The molecule has 1 unspecified atom stereocenters. The molecule has 1 amide bonds. The first-order valence-corrected chi connectivity index (χ1v) is 7.46. The standard InChI is InChI=1S/C16H24N2O2.ClH/c1-2-9-20-15-7-3-6-14(10-15)16(19)18-8-4-5-13(11-17)12-18;/h3,6-7,10,13H,2,4-5,8-9,11-12,17H2,1H3;1H. The van der Waals surface area contributed by atoms with E-state index >= 15 is 0 Å². The molecule has 0 radical (unpaired) electrons. The van der Waals surface area contributed by atoms with E-state index in [1.54, 1.807) is 0 Å². The number of hydrogen-bond acceptors (Lipinski definition) is 3. The fourth-order valence-electron chi connectivity index (χ4n) is 2.56. The Kier molecular flexibility index (Phi) is 7.54. The molecule has 0 bridgehead atoms. The van der Waals surface area contributed by atoms with E-state index in [9.17, 15) is 4.79 Å². The highest BCUT2D eigenvalue weighted by Gasteiger charge is 2.23. The lowest BCUT2D eigenvalue weighted by molar-refractivity contribution is 0.0677. The van der Waals surface area contributed by atoms with E-state index in [1.165, 1.54) is 0 Å². The van der Waals surface area contributed by atoms with Gasteiger partial charge < -0.3 is 15.4 Å². The normalized spacial score (nSPS) is 18.0. The van der Waals surface area contributed by atoms with Gasteiger partial charge in [-0.15, -0.1) is 12.4 Å². The molecule has 2 N–H and O–H groups in total. The number of halogens is 1. The van der Waals surface area contributed by atoms with E-state index in [-0.39, 0.29) is 18.3 Å². The lowest BCUT2D eigenvalue weighted by Gasteiger charge is -2.32. The van der Waals surface area contributed by atoms with Crippen molar-refractivity contribution in [1.29, 1.82) is 0 Å². The lowest BCUT2D eigenvalue weighted by Crippen LogP contribution is -2.42. The fraction of sp³-hybridized carbons (Fsp3) is 0.562. The summed E-state index contributed by atoms with van der Waals surface area (Å²) in [7, 11) is 0. The van der Waals surface area contributed by atoms with Crippen molar-refractivity contribution in [3.63, 3.8) is 0 Å². The van der Waals surface area contributed by atoms with Gasteiger partial charge in [-0.25, -0.2) is 0 Å². The minimum atomic E-state index is 0. The monoisotopic (exact) mass is 312 g/mol. The molecule has 4 nitrogen and oxygen atoms in total. The third-order valence-corrected chi connectivity index (χ3v) is 3.69. The molecule has 1 heterocycles. The summed E-state index contributed by atoms with van der Waals surface area (Å²) < 4.78 is 5.58. The molecule has 5 heteroatoms. The highest BCUT2D eigenvalue weighted by atomic mass is 35.5. The van der Waals surface area contributed by atoms with Crippen LogP contribution in [-0.4, -0.2) is 37.0 Å². The Morgan fingerprint density at radius 2 is 2.29 bits per heavy atom. The number of hydrogen-bond donors (Lipinski definition) is 1. The summed E-state index contributed by atoms with van der Waals surface area (Å²) in [6.07, 6.45) is 3.13. The highest BCUT2D eigenvalue weighted by Crippen LogP contribution is 2.20. The van der Waals surface area contributed by atoms with Crippen LogP contribution in [0.15, 0.2) is 24.3 Å². The van der Waals surface area contributed by atoms with Crippen LogP contribution in [0.2, 0.25) is 0 Å². The molecule has 1 aliphatic heterocycles. The molecule has 0 spiro atoms. The molecule has 118 valence electrons. The summed E-state index contributed by atoms with van der Waals surface area (Å²) in [5, 5.41) is 0. The molecule has 1 aliphatic rings. The SMILES string of the molecule is CCCOc1cccc(C(=O)N2CCCC(CN)C2)c1.Cl. The summed E-state index contributed by atoms with van der Waals surface area (Å²) in [5.74, 6) is 1.29. The van der Waals surface area contributed by atoms with Crippen LogP contribution in [0.4, 0.5) is 0 Å². The number of carbonyl (C=O) groups excluding carboxylic acids is 1. The van der Waals surface area contributed by atoms with Gasteiger partial charge in [-0.3, -0.25) is 4.79 Å². The van der Waals surface area contributed by atoms with Gasteiger partial charge in [0.25, 0.3) is 5.91 Å². The van der Waals surface area contributed by atoms with Gasteiger partial charge in [0.05, 0.1) is 6.61 Å². The minimum Gasteiger partial charge on any atom is -0.494 e. The average molecular weight is 313 g/mol. The number of rotatable bonds is 5. The van der Waals surface area contributed by atoms with Gasteiger partial charge in [-0.05, 0) is 49.9 Å². The first-order valence-electron chi connectivity index (χ1n) is 7.46. The van der Waals surface area contributed by atoms with Gasteiger partial charge in [0.1, 0.15) is 5.75 Å². The molecule has 1 aromatic carbocycles. The van der Waals surface area contributed by atoms with Crippen molar-refractivity contribution in [3.8, 4) is 5.75 Å². The molecule has 2 rings (SSSR count). The van der Waals surface area contributed by atoms with Crippen LogP contribution in [0.3, 0.4) is 0 Å². The maximum atomic E-state index is 12.5. The van der Waals surface area contributed by atoms with Crippen molar-refractivity contribution >= 4 is 18.3 Å². The lowest BCUT2D eigenvalue weighted by atomic mass is 9.97. The van der Waals surface area contributed by atoms with Gasteiger partial charge in [0, 0.05) is 18.7 Å². The number of likely N-dealkylation sites (tertiary alicyclic amines) is 1.